The van der Waals surface area contributed by atoms with E-state index in [0.717, 1.165) is 0 Å². The monoisotopic (exact) mass is 345 g/mol. The Morgan fingerprint density at radius 1 is 1.13 bits per heavy atom. The predicted octanol–water partition coefficient (Wildman–Crippen LogP) is 3.06. The minimum Gasteiger partial charge on any atom is -0.450 e. The highest BCUT2D eigenvalue weighted by Crippen LogP contribution is 2.55. The topological polar surface area (TPSA) is 94.1 Å². The minimum atomic E-state index is -3.82. The summed E-state index contributed by atoms with van der Waals surface area (Å²) >= 11 is 0. The Morgan fingerprint density at radius 3 is 2.17 bits per heavy atom. The average molecular weight is 345 g/mol. The van der Waals surface area contributed by atoms with Crippen LogP contribution in [0.4, 0.5) is 4.79 Å². The Balaban J connectivity index is 3.11. The lowest BCUT2D eigenvalue weighted by Crippen LogP contribution is -2.37. The third kappa shape index (κ3) is 5.62. The molecule has 1 amide bonds. The Hall–Kier alpha value is -1.40. The first-order chi connectivity index (χ1) is 11.0. The smallest absolute Gasteiger partial charge is 0.407 e. The summed E-state index contributed by atoms with van der Waals surface area (Å²) in [5.41, 5.74) is 0.563. The van der Waals surface area contributed by atoms with Gasteiger partial charge in [0.2, 0.25) is 0 Å². The Kier molecular flexibility index (Phi) is 8.26. The van der Waals surface area contributed by atoms with Crippen molar-refractivity contribution in [2.45, 2.75) is 32.7 Å². The van der Waals surface area contributed by atoms with Crippen LogP contribution in [0.2, 0.25) is 0 Å². The Morgan fingerprint density at radius 2 is 1.70 bits per heavy atom. The molecule has 0 heterocycles. The van der Waals surface area contributed by atoms with E-state index >= 15 is 0 Å². The van der Waals surface area contributed by atoms with E-state index in [2.05, 4.69) is 5.32 Å². The van der Waals surface area contributed by atoms with Gasteiger partial charge in [0.15, 0.2) is 5.85 Å². The lowest BCUT2D eigenvalue weighted by Gasteiger charge is -2.29. The zero-order chi connectivity index (χ0) is 17.3. The van der Waals surface area contributed by atoms with E-state index in [1.54, 1.807) is 51.1 Å². The third-order valence-electron chi connectivity index (χ3n) is 2.95. The number of carbonyl (C=O) groups excluding carboxylic acids is 1. The summed E-state index contributed by atoms with van der Waals surface area (Å²) in [4.78, 5) is 11.8. The van der Waals surface area contributed by atoms with Crippen LogP contribution in [0, 0.1) is 0 Å². The van der Waals surface area contributed by atoms with Crippen LogP contribution in [-0.2, 0) is 18.3 Å². The SMILES string of the molecule is CCOC(=O)N[C@H](c1ccccc1)[C@H](O)P(=O)(OCC)OCC. The number of nitrogens with one attached hydrogen (secondary N) is 1. The normalized spacial score (nSPS) is 14.1. The van der Waals surface area contributed by atoms with Crippen molar-refractivity contribution in [3.8, 4) is 0 Å². The molecular formula is C15H24NO6P. The number of alkyl carbamates (subject to hydrolysis) is 1. The molecule has 1 rings (SSSR count). The van der Waals surface area contributed by atoms with Crippen molar-refractivity contribution in [3.63, 3.8) is 0 Å². The molecule has 2 N–H and O–H groups in total. The summed E-state index contributed by atoms with van der Waals surface area (Å²) in [5.74, 6) is -1.56. The molecule has 1 aromatic rings. The van der Waals surface area contributed by atoms with Crippen LogP contribution in [0.15, 0.2) is 30.3 Å². The van der Waals surface area contributed by atoms with Gasteiger partial charge in [-0.3, -0.25) is 4.57 Å². The Labute approximate surface area is 136 Å². The molecule has 0 aliphatic rings. The molecule has 0 spiro atoms. The number of aliphatic hydroxyl groups excluding tert-OH is 1. The van der Waals surface area contributed by atoms with Crippen LogP contribution in [0.25, 0.3) is 0 Å². The highest BCUT2D eigenvalue weighted by Gasteiger charge is 2.41. The van der Waals surface area contributed by atoms with Crippen molar-refractivity contribution in [1.29, 1.82) is 0 Å². The molecule has 1 aromatic carbocycles. The van der Waals surface area contributed by atoms with Crippen LogP contribution in [0.3, 0.4) is 0 Å². The molecule has 2 atom stereocenters. The molecule has 7 nitrogen and oxygen atoms in total. The summed E-state index contributed by atoms with van der Waals surface area (Å²) < 4.78 is 28.0. The van der Waals surface area contributed by atoms with E-state index in [-0.39, 0.29) is 19.8 Å². The zero-order valence-electron chi connectivity index (χ0n) is 13.6. The maximum Gasteiger partial charge on any atom is 0.407 e. The van der Waals surface area contributed by atoms with Gasteiger partial charge in [-0.1, -0.05) is 30.3 Å². The quantitative estimate of drug-likeness (QED) is 0.668. The van der Waals surface area contributed by atoms with Gasteiger partial charge in [0, 0.05) is 0 Å². The molecule has 0 unspecified atom stereocenters. The van der Waals surface area contributed by atoms with Crippen LogP contribution in [-0.4, -0.2) is 36.9 Å². The fraction of sp³-hybridized carbons (Fsp3) is 0.533. The number of ether oxygens (including phenoxy) is 1. The summed E-state index contributed by atoms with van der Waals surface area (Å²) in [6, 6.07) is 7.69. The number of amides is 1. The number of carbonyl (C=O) groups is 1. The number of rotatable bonds is 9. The van der Waals surface area contributed by atoms with Crippen molar-refractivity contribution in [1.82, 2.24) is 5.32 Å². The standard InChI is InChI=1S/C15H24NO6P/c1-4-20-15(18)16-13(12-10-8-7-9-11-12)14(17)23(19,21-5-2)22-6-3/h7-11,13-14,17H,4-6H2,1-3H3,(H,16,18)/t13-,14-/m1/s1. The van der Waals surface area contributed by atoms with Crippen molar-refractivity contribution < 1.29 is 28.3 Å². The maximum atomic E-state index is 12.8. The maximum absolute atomic E-state index is 12.8. The molecule has 0 radical (unpaired) electrons. The lowest BCUT2D eigenvalue weighted by molar-refractivity contribution is 0.111. The highest BCUT2D eigenvalue weighted by molar-refractivity contribution is 7.54. The summed E-state index contributed by atoms with van der Waals surface area (Å²) in [6.45, 7) is 5.35. The van der Waals surface area contributed by atoms with Gasteiger partial charge in [0.1, 0.15) is 0 Å². The van der Waals surface area contributed by atoms with Crippen molar-refractivity contribution in [3.05, 3.63) is 35.9 Å². The predicted molar refractivity (Wildman–Crippen MR) is 86.2 cm³/mol. The van der Waals surface area contributed by atoms with Gasteiger partial charge >= 0.3 is 13.7 Å². The van der Waals surface area contributed by atoms with E-state index in [0.29, 0.717) is 5.56 Å². The van der Waals surface area contributed by atoms with E-state index in [9.17, 15) is 14.5 Å². The summed E-state index contributed by atoms with van der Waals surface area (Å²) in [7, 11) is -3.82. The van der Waals surface area contributed by atoms with Crippen LogP contribution in [0.5, 0.6) is 0 Å². The van der Waals surface area contributed by atoms with Gasteiger partial charge in [-0.05, 0) is 26.3 Å². The second-order valence-electron chi connectivity index (χ2n) is 4.54. The van der Waals surface area contributed by atoms with Gasteiger partial charge in [-0.25, -0.2) is 4.79 Å². The molecule has 8 heteroatoms. The van der Waals surface area contributed by atoms with Crippen LogP contribution >= 0.6 is 7.60 Å². The molecule has 0 aliphatic carbocycles. The first-order valence-corrected chi connectivity index (χ1v) is 9.14. The van der Waals surface area contributed by atoms with Gasteiger partial charge in [0.25, 0.3) is 0 Å². The van der Waals surface area contributed by atoms with E-state index in [4.69, 9.17) is 13.8 Å². The van der Waals surface area contributed by atoms with E-state index in [1.807, 2.05) is 0 Å². The first kappa shape index (κ1) is 19.6. The zero-order valence-corrected chi connectivity index (χ0v) is 14.5. The van der Waals surface area contributed by atoms with Crippen LogP contribution < -0.4 is 5.32 Å². The van der Waals surface area contributed by atoms with Crippen molar-refractivity contribution in [2.24, 2.45) is 0 Å². The number of hydrogen-bond acceptors (Lipinski definition) is 6. The van der Waals surface area contributed by atoms with Crippen LogP contribution in [0.1, 0.15) is 32.4 Å². The lowest BCUT2D eigenvalue weighted by atomic mass is 10.1. The molecule has 0 saturated heterocycles. The number of hydrogen-bond donors (Lipinski definition) is 2. The van der Waals surface area contributed by atoms with Crippen molar-refractivity contribution in [2.75, 3.05) is 19.8 Å². The molecule has 130 valence electrons. The molecule has 0 fully saturated rings. The molecule has 23 heavy (non-hydrogen) atoms. The third-order valence-corrected chi connectivity index (χ3v) is 5.13. The van der Waals surface area contributed by atoms with Gasteiger partial charge in [-0.15, -0.1) is 0 Å². The van der Waals surface area contributed by atoms with Crippen molar-refractivity contribution >= 4 is 13.7 Å². The summed E-state index contributed by atoms with van der Waals surface area (Å²) in [6.07, 6.45) is -0.722. The second kappa shape index (κ2) is 9.67. The molecule has 0 saturated carbocycles. The Bertz CT molecular complexity index is 514. The molecule has 0 aliphatic heterocycles. The minimum absolute atomic E-state index is 0.106. The number of aliphatic hydroxyl groups is 1. The molecule has 0 bridgehead atoms. The van der Waals surface area contributed by atoms with Gasteiger partial charge < -0.3 is 24.2 Å². The van der Waals surface area contributed by atoms with Gasteiger partial charge in [-0.2, -0.15) is 0 Å². The largest absolute Gasteiger partial charge is 0.450 e. The fourth-order valence-electron chi connectivity index (χ4n) is 2.02. The first-order valence-electron chi connectivity index (χ1n) is 7.53. The highest BCUT2D eigenvalue weighted by atomic mass is 31.2. The average Bonchev–Trinajstić information content (AvgIpc) is 2.53. The molecular weight excluding hydrogens is 321 g/mol. The van der Waals surface area contributed by atoms with E-state index in [1.165, 1.54) is 0 Å². The number of benzene rings is 1. The fourth-order valence-corrected chi connectivity index (χ4v) is 3.73. The molecule has 0 aromatic heterocycles. The van der Waals surface area contributed by atoms with Gasteiger partial charge in [0.05, 0.1) is 25.9 Å². The summed E-state index contributed by atoms with van der Waals surface area (Å²) in [5, 5.41) is 13.1. The van der Waals surface area contributed by atoms with E-state index < -0.39 is 25.6 Å². The second-order valence-corrected chi connectivity index (χ2v) is 6.67.